The third kappa shape index (κ3) is 5.88. The molecule has 172 valence electrons. The minimum atomic E-state index is -3.37. The van der Waals surface area contributed by atoms with Crippen molar-refractivity contribution in [2.45, 2.75) is 87.6 Å². The van der Waals surface area contributed by atoms with Gasteiger partial charge in [-0.25, -0.2) is 8.42 Å². The first kappa shape index (κ1) is 22.7. The summed E-state index contributed by atoms with van der Waals surface area (Å²) in [7, 11) is -3.37. The molecule has 1 aromatic carbocycles. The summed E-state index contributed by atoms with van der Waals surface area (Å²) in [6, 6.07) is 8.04. The maximum Gasteiger partial charge on any atom is 0.243 e. The maximum atomic E-state index is 12.6. The van der Waals surface area contributed by atoms with Crippen LogP contribution in [0, 0.1) is 0 Å². The number of hydrogen-bond donors (Lipinski definition) is 1. The number of hydrogen-bond acceptors (Lipinski definition) is 4. The van der Waals surface area contributed by atoms with Gasteiger partial charge in [-0.1, -0.05) is 37.8 Å². The standard InChI is InChI=1S/C24H37N3O3S/c28-24(25-21-15-18-26(19-21)22-7-3-1-2-4-8-22)14-11-20-9-12-23(13-10-20)31(29,30)27-16-5-6-17-27/h9-10,12-13,21-22H,1-8,11,14-19H2,(H,25,28). The van der Waals surface area contributed by atoms with Crippen LogP contribution in [-0.4, -0.2) is 61.8 Å². The summed E-state index contributed by atoms with van der Waals surface area (Å²) in [5.41, 5.74) is 1.00. The molecule has 6 nitrogen and oxygen atoms in total. The number of amides is 1. The van der Waals surface area contributed by atoms with E-state index in [4.69, 9.17) is 0 Å². The van der Waals surface area contributed by atoms with Crippen LogP contribution in [0.4, 0.5) is 0 Å². The normalized spacial score (nSPS) is 24.3. The molecule has 1 atom stereocenters. The monoisotopic (exact) mass is 447 g/mol. The molecule has 1 saturated carbocycles. The highest BCUT2D eigenvalue weighted by Gasteiger charge is 2.29. The number of nitrogens with zero attached hydrogens (tertiary/aromatic N) is 2. The minimum absolute atomic E-state index is 0.0986. The fourth-order valence-electron chi connectivity index (χ4n) is 5.32. The summed E-state index contributed by atoms with van der Waals surface area (Å²) in [6.45, 7) is 3.31. The van der Waals surface area contributed by atoms with E-state index < -0.39 is 10.0 Å². The Morgan fingerprint density at radius 2 is 1.58 bits per heavy atom. The highest BCUT2D eigenvalue weighted by molar-refractivity contribution is 7.89. The van der Waals surface area contributed by atoms with Crippen LogP contribution in [0.15, 0.2) is 29.2 Å². The fourth-order valence-corrected chi connectivity index (χ4v) is 6.84. The van der Waals surface area contributed by atoms with Gasteiger partial charge >= 0.3 is 0 Å². The first-order valence-corrected chi connectivity index (χ1v) is 13.6. The van der Waals surface area contributed by atoms with Crippen molar-refractivity contribution in [2.75, 3.05) is 26.2 Å². The van der Waals surface area contributed by atoms with E-state index >= 15 is 0 Å². The lowest BCUT2D eigenvalue weighted by atomic mass is 10.1. The van der Waals surface area contributed by atoms with Gasteiger partial charge in [0.05, 0.1) is 4.90 Å². The van der Waals surface area contributed by atoms with E-state index in [9.17, 15) is 13.2 Å². The maximum absolute atomic E-state index is 12.6. The van der Waals surface area contributed by atoms with Crippen molar-refractivity contribution >= 4 is 15.9 Å². The average molecular weight is 448 g/mol. The van der Waals surface area contributed by atoms with Crippen LogP contribution in [-0.2, 0) is 21.2 Å². The number of nitrogens with one attached hydrogen (secondary N) is 1. The van der Waals surface area contributed by atoms with E-state index in [-0.39, 0.29) is 11.9 Å². The number of rotatable bonds is 7. The molecule has 0 bridgehead atoms. The number of benzene rings is 1. The van der Waals surface area contributed by atoms with Gasteiger partial charge in [-0.3, -0.25) is 9.69 Å². The Morgan fingerprint density at radius 3 is 2.26 bits per heavy atom. The molecule has 0 radical (unpaired) electrons. The van der Waals surface area contributed by atoms with Gasteiger partial charge in [-0.2, -0.15) is 4.31 Å². The predicted octanol–water partition coefficient (Wildman–Crippen LogP) is 3.32. The van der Waals surface area contributed by atoms with Crippen LogP contribution in [0.5, 0.6) is 0 Å². The smallest absolute Gasteiger partial charge is 0.243 e. The van der Waals surface area contributed by atoms with Crippen LogP contribution in [0.1, 0.15) is 69.8 Å². The Morgan fingerprint density at radius 1 is 0.903 bits per heavy atom. The Bertz CT molecular complexity index is 826. The summed E-state index contributed by atoms with van der Waals surface area (Å²) in [6.07, 6.45) is 12.0. The number of sulfonamides is 1. The van der Waals surface area contributed by atoms with E-state index in [2.05, 4.69) is 10.2 Å². The molecule has 7 heteroatoms. The number of carbonyl (C=O) groups is 1. The lowest BCUT2D eigenvalue weighted by Crippen LogP contribution is -2.39. The summed E-state index contributed by atoms with van der Waals surface area (Å²) in [5, 5.41) is 3.22. The van der Waals surface area contributed by atoms with Crippen molar-refractivity contribution in [3.63, 3.8) is 0 Å². The second-order valence-corrected chi connectivity index (χ2v) is 11.4. The van der Waals surface area contributed by atoms with Crippen molar-refractivity contribution in [3.8, 4) is 0 Å². The quantitative estimate of drug-likeness (QED) is 0.651. The Kier molecular flexibility index (Phi) is 7.67. The van der Waals surface area contributed by atoms with Gasteiger partial charge in [0.1, 0.15) is 0 Å². The van der Waals surface area contributed by atoms with Gasteiger partial charge < -0.3 is 5.32 Å². The van der Waals surface area contributed by atoms with Crippen LogP contribution >= 0.6 is 0 Å². The minimum Gasteiger partial charge on any atom is -0.352 e. The van der Waals surface area contributed by atoms with Gasteiger partial charge in [0.15, 0.2) is 0 Å². The first-order valence-electron chi connectivity index (χ1n) is 12.1. The Labute approximate surface area is 187 Å². The molecule has 1 unspecified atom stereocenters. The molecule has 1 amide bonds. The van der Waals surface area contributed by atoms with Crippen LogP contribution in [0.2, 0.25) is 0 Å². The van der Waals surface area contributed by atoms with E-state index in [1.807, 2.05) is 12.1 Å². The van der Waals surface area contributed by atoms with E-state index in [1.54, 1.807) is 16.4 Å². The van der Waals surface area contributed by atoms with Gasteiger partial charge in [0, 0.05) is 44.7 Å². The van der Waals surface area contributed by atoms with Gasteiger partial charge in [-0.15, -0.1) is 0 Å². The highest BCUT2D eigenvalue weighted by Crippen LogP contribution is 2.25. The summed E-state index contributed by atoms with van der Waals surface area (Å²) >= 11 is 0. The van der Waals surface area contributed by atoms with Gasteiger partial charge in [0.2, 0.25) is 15.9 Å². The summed E-state index contributed by atoms with van der Waals surface area (Å²) in [4.78, 5) is 15.4. The summed E-state index contributed by atoms with van der Waals surface area (Å²) in [5.74, 6) is 0.0986. The molecule has 0 spiro atoms. The van der Waals surface area contributed by atoms with Crippen LogP contribution in [0.3, 0.4) is 0 Å². The molecule has 3 aliphatic rings. The van der Waals surface area contributed by atoms with Gasteiger partial charge in [0.25, 0.3) is 0 Å². The number of aryl methyl sites for hydroxylation is 1. The van der Waals surface area contributed by atoms with Crippen molar-refractivity contribution in [2.24, 2.45) is 0 Å². The zero-order valence-electron chi connectivity index (χ0n) is 18.6. The second kappa shape index (κ2) is 10.5. The molecule has 2 heterocycles. The fraction of sp³-hybridized carbons (Fsp3) is 0.708. The van der Waals surface area contributed by atoms with Crippen molar-refractivity contribution < 1.29 is 13.2 Å². The molecule has 0 aromatic heterocycles. The second-order valence-electron chi connectivity index (χ2n) is 9.45. The highest BCUT2D eigenvalue weighted by atomic mass is 32.2. The molecule has 1 aromatic rings. The average Bonchev–Trinajstić information content (AvgIpc) is 3.40. The number of carbonyl (C=O) groups excluding carboxylic acids is 1. The Hall–Kier alpha value is -1.44. The van der Waals surface area contributed by atoms with E-state index in [0.717, 1.165) is 37.9 Å². The zero-order valence-corrected chi connectivity index (χ0v) is 19.4. The van der Waals surface area contributed by atoms with Crippen molar-refractivity contribution in [1.82, 2.24) is 14.5 Å². The molecular weight excluding hydrogens is 410 g/mol. The van der Waals surface area contributed by atoms with Crippen LogP contribution in [0.25, 0.3) is 0 Å². The first-order chi connectivity index (χ1) is 15.0. The summed E-state index contributed by atoms with van der Waals surface area (Å²) < 4.78 is 26.8. The van der Waals surface area contributed by atoms with Gasteiger partial charge in [-0.05, 0) is 56.2 Å². The predicted molar refractivity (Wildman–Crippen MR) is 122 cm³/mol. The SMILES string of the molecule is O=C(CCc1ccc(S(=O)(=O)N2CCCC2)cc1)NC1CCN(C2CCCCCC2)C1. The van der Waals surface area contributed by atoms with E-state index in [0.29, 0.717) is 36.9 Å². The molecule has 31 heavy (non-hydrogen) atoms. The molecule has 1 aliphatic carbocycles. The molecular formula is C24H37N3O3S. The van der Waals surface area contributed by atoms with E-state index in [1.165, 1.54) is 38.5 Å². The third-order valence-corrected chi connectivity index (χ3v) is 9.11. The molecule has 4 rings (SSSR count). The Balaban J connectivity index is 1.22. The largest absolute Gasteiger partial charge is 0.352 e. The topological polar surface area (TPSA) is 69.7 Å². The molecule has 2 aliphatic heterocycles. The van der Waals surface area contributed by atoms with Crippen LogP contribution < -0.4 is 5.32 Å². The van der Waals surface area contributed by atoms with Crippen molar-refractivity contribution in [1.29, 1.82) is 0 Å². The molecule has 3 fully saturated rings. The number of likely N-dealkylation sites (tertiary alicyclic amines) is 1. The third-order valence-electron chi connectivity index (χ3n) is 7.19. The lowest BCUT2D eigenvalue weighted by Gasteiger charge is -2.26. The molecule has 2 saturated heterocycles. The lowest BCUT2D eigenvalue weighted by molar-refractivity contribution is -0.121. The zero-order chi connectivity index (χ0) is 21.7. The molecule has 1 N–H and O–H groups in total. The van der Waals surface area contributed by atoms with Crippen molar-refractivity contribution in [3.05, 3.63) is 29.8 Å².